The summed E-state index contributed by atoms with van der Waals surface area (Å²) in [6, 6.07) is 6.12. The van der Waals surface area contributed by atoms with Crippen molar-refractivity contribution in [2.75, 3.05) is 13.2 Å². The lowest BCUT2D eigenvalue weighted by Crippen LogP contribution is -2.12. The van der Waals surface area contributed by atoms with Gasteiger partial charge in [-0.15, -0.1) is 19.0 Å². The van der Waals surface area contributed by atoms with Crippen LogP contribution < -0.4 is 10.1 Å². The average molecular weight is 307 g/mol. The van der Waals surface area contributed by atoms with Crippen molar-refractivity contribution in [3.05, 3.63) is 40.9 Å². The van der Waals surface area contributed by atoms with Gasteiger partial charge in [0.25, 0.3) is 0 Å². The number of rotatable bonds is 6. The number of halogens is 2. The Labute approximate surface area is 112 Å². The Hall–Kier alpha value is -0.510. The van der Waals surface area contributed by atoms with Crippen LogP contribution in [0.15, 0.2) is 35.3 Å². The van der Waals surface area contributed by atoms with Gasteiger partial charge in [-0.1, -0.05) is 12.1 Å². The fourth-order valence-corrected chi connectivity index (χ4v) is 1.79. The highest BCUT2D eigenvalue weighted by atomic mass is 79.9. The summed E-state index contributed by atoms with van der Waals surface area (Å²) in [7, 11) is 0. The van der Waals surface area contributed by atoms with Crippen LogP contribution in [0.25, 0.3) is 0 Å². The zero-order chi connectivity index (χ0) is 11.1. The minimum absolute atomic E-state index is 0. The van der Waals surface area contributed by atoms with Crippen LogP contribution in [0.4, 0.5) is 0 Å². The summed E-state index contributed by atoms with van der Waals surface area (Å²) < 4.78 is 6.44. The summed E-state index contributed by atoms with van der Waals surface area (Å²) >= 11 is 3.48. The van der Waals surface area contributed by atoms with Crippen LogP contribution in [0.3, 0.4) is 0 Å². The summed E-state index contributed by atoms with van der Waals surface area (Å²) in [5.74, 6) is 0.893. The maximum absolute atomic E-state index is 5.43. The van der Waals surface area contributed by atoms with Crippen molar-refractivity contribution in [2.45, 2.75) is 13.5 Å². The number of benzene rings is 1. The van der Waals surface area contributed by atoms with Crippen LogP contribution in [-0.2, 0) is 6.54 Å². The predicted molar refractivity (Wildman–Crippen MR) is 74.5 cm³/mol. The molecule has 1 aromatic carbocycles. The molecule has 0 unspecified atom stereocenters. The van der Waals surface area contributed by atoms with Crippen LogP contribution in [-0.4, -0.2) is 13.2 Å². The third-order valence-electron chi connectivity index (χ3n) is 1.91. The van der Waals surface area contributed by atoms with Gasteiger partial charge in [0.1, 0.15) is 5.75 Å². The molecule has 0 aliphatic rings. The first-order valence-electron chi connectivity index (χ1n) is 5.00. The first-order chi connectivity index (χ1) is 7.27. The van der Waals surface area contributed by atoms with E-state index in [9.17, 15) is 0 Å². The van der Waals surface area contributed by atoms with Crippen LogP contribution in [0, 0.1) is 0 Å². The van der Waals surface area contributed by atoms with Crippen LogP contribution >= 0.6 is 28.3 Å². The molecule has 4 heteroatoms. The third kappa shape index (κ3) is 5.01. The lowest BCUT2D eigenvalue weighted by atomic mass is 10.2. The molecule has 90 valence electrons. The molecule has 0 saturated heterocycles. The van der Waals surface area contributed by atoms with Gasteiger partial charge in [0.05, 0.1) is 11.1 Å². The molecule has 0 atom stereocenters. The lowest BCUT2D eigenvalue weighted by molar-refractivity contribution is 0.338. The van der Waals surface area contributed by atoms with E-state index in [2.05, 4.69) is 40.0 Å². The van der Waals surface area contributed by atoms with Crippen molar-refractivity contribution in [1.29, 1.82) is 0 Å². The van der Waals surface area contributed by atoms with Gasteiger partial charge in [0.15, 0.2) is 0 Å². The Bertz CT molecular complexity index is 331. The summed E-state index contributed by atoms with van der Waals surface area (Å²) in [5, 5.41) is 3.25. The predicted octanol–water partition coefficient (Wildman–Crippen LogP) is 3.55. The number of nitrogens with one attached hydrogen (secondary N) is 1. The highest BCUT2D eigenvalue weighted by molar-refractivity contribution is 9.10. The number of hydrogen-bond donors (Lipinski definition) is 1. The van der Waals surface area contributed by atoms with Crippen molar-refractivity contribution in [3.63, 3.8) is 0 Å². The first-order valence-corrected chi connectivity index (χ1v) is 5.80. The van der Waals surface area contributed by atoms with Gasteiger partial charge in [-0.3, -0.25) is 0 Å². The van der Waals surface area contributed by atoms with E-state index in [4.69, 9.17) is 4.74 Å². The van der Waals surface area contributed by atoms with E-state index in [0.717, 1.165) is 23.3 Å². The fraction of sp³-hybridized carbons (Fsp3) is 0.333. The van der Waals surface area contributed by atoms with Gasteiger partial charge in [0.2, 0.25) is 0 Å². The largest absolute Gasteiger partial charge is 0.493 e. The van der Waals surface area contributed by atoms with E-state index in [1.54, 1.807) is 0 Å². The van der Waals surface area contributed by atoms with Gasteiger partial charge in [0, 0.05) is 13.1 Å². The van der Waals surface area contributed by atoms with Crippen molar-refractivity contribution in [2.24, 2.45) is 0 Å². The second-order valence-electron chi connectivity index (χ2n) is 3.12. The van der Waals surface area contributed by atoms with Crippen molar-refractivity contribution in [3.8, 4) is 5.75 Å². The molecule has 0 bridgehead atoms. The molecule has 1 rings (SSSR count). The molecule has 1 aromatic rings. The normalized spacial score (nSPS) is 9.38. The first kappa shape index (κ1) is 15.5. The van der Waals surface area contributed by atoms with Gasteiger partial charge >= 0.3 is 0 Å². The molecule has 2 nitrogen and oxygen atoms in total. The molecular formula is C12H17BrClNO. The van der Waals surface area contributed by atoms with Gasteiger partial charge in [-0.2, -0.15) is 0 Å². The SMILES string of the molecule is C=CCNCc1ccc(OCC)c(Br)c1.Cl. The van der Waals surface area contributed by atoms with E-state index in [-0.39, 0.29) is 12.4 Å². The monoisotopic (exact) mass is 305 g/mol. The Morgan fingerprint density at radius 3 is 2.81 bits per heavy atom. The second kappa shape index (κ2) is 8.62. The molecule has 0 spiro atoms. The van der Waals surface area contributed by atoms with Gasteiger partial charge in [-0.25, -0.2) is 0 Å². The molecule has 0 fully saturated rings. The second-order valence-corrected chi connectivity index (χ2v) is 3.97. The third-order valence-corrected chi connectivity index (χ3v) is 2.53. The molecule has 0 amide bonds. The molecule has 0 aromatic heterocycles. The zero-order valence-electron chi connectivity index (χ0n) is 9.33. The van der Waals surface area contributed by atoms with E-state index in [0.29, 0.717) is 6.61 Å². The fourth-order valence-electron chi connectivity index (χ4n) is 1.25. The number of hydrogen-bond acceptors (Lipinski definition) is 2. The van der Waals surface area contributed by atoms with Crippen molar-refractivity contribution < 1.29 is 4.74 Å². The van der Waals surface area contributed by atoms with Crippen LogP contribution in [0.5, 0.6) is 5.75 Å². The molecule has 1 N–H and O–H groups in total. The van der Waals surface area contributed by atoms with E-state index >= 15 is 0 Å². The van der Waals surface area contributed by atoms with E-state index in [1.165, 1.54) is 5.56 Å². The molecule has 0 heterocycles. The Morgan fingerprint density at radius 1 is 1.50 bits per heavy atom. The van der Waals surface area contributed by atoms with E-state index in [1.807, 2.05) is 19.1 Å². The Kier molecular flexibility index (Phi) is 8.35. The van der Waals surface area contributed by atoms with Gasteiger partial charge in [-0.05, 0) is 40.5 Å². The minimum atomic E-state index is 0. The maximum Gasteiger partial charge on any atom is 0.133 e. The molecule has 0 aliphatic carbocycles. The Balaban J connectivity index is 0.00000225. The summed E-state index contributed by atoms with van der Waals surface area (Å²) in [5.41, 5.74) is 1.23. The van der Waals surface area contributed by atoms with Crippen molar-refractivity contribution in [1.82, 2.24) is 5.32 Å². The van der Waals surface area contributed by atoms with Crippen LogP contribution in [0.2, 0.25) is 0 Å². The van der Waals surface area contributed by atoms with Gasteiger partial charge < -0.3 is 10.1 Å². The highest BCUT2D eigenvalue weighted by Crippen LogP contribution is 2.25. The smallest absolute Gasteiger partial charge is 0.133 e. The lowest BCUT2D eigenvalue weighted by Gasteiger charge is -2.08. The molecule has 0 saturated carbocycles. The molecular weight excluding hydrogens is 289 g/mol. The topological polar surface area (TPSA) is 21.3 Å². The highest BCUT2D eigenvalue weighted by Gasteiger charge is 2.01. The zero-order valence-corrected chi connectivity index (χ0v) is 11.7. The quantitative estimate of drug-likeness (QED) is 0.641. The van der Waals surface area contributed by atoms with Crippen LogP contribution in [0.1, 0.15) is 12.5 Å². The summed E-state index contributed by atoms with van der Waals surface area (Å²) in [4.78, 5) is 0. The number of ether oxygens (including phenoxy) is 1. The molecule has 0 aliphatic heterocycles. The molecule has 0 radical (unpaired) electrons. The van der Waals surface area contributed by atoms with E-state index < -0.39 is 0 Å². The standard InChI is InChI=1S/C12H16BrNO.ClH/c1-3-7-14-9-10-5-6-12(15-4-2)11(13)8-10;/h3,5-6,8,14H,1,4,7,9H2,2H3;1H. The Morgan fingerprint density at radius 2 is 2.25 bits per heavy atom. The average Bonchev–Trinajstić information content (AvgIpc) is 2.23. The summed E-state index contributed by atoms with van der Waals surface area (Å²) in [6.07, 6.45) is 1.85. The molecule has 16 heavy (non-hydrogen) atoms. The van der Waals surface area contributed by atoms with Crippen molar-refractivity contribution >= 4 is 28.3 Å². The minimum Gasteiger partial charge on any atom is -0.493 e. The summed E-state index contributed by atoms with van der Waals surface area (Å²) in [6.45, 7) is 7.99. The maximum atomic E-state index is 5.43.